The van der Waals surface area contributed by atoms with Crippen LogP contribution in [0.4, 0.5) is 24.5 Å². The number of amides is 1. The summed E-state index contributed by atoms with van der Waals surface area (Å²) in [4.78, 5) is 27.4. The molecule has 0 saturated carbocycles. The zero-order valence-corrected chi connectivity index (χ0v) is 20.3. The van der Waals surface area contributed by atoms with Crippen LogP contribution < -0.4 is 15.0 Å². The summed E-state index contributed by atoms with van der Waals surface area (Å²) in [5.41, 5.74) is 3.38. The van der Waals surface area contributed by atoms with Crippen molar-refractivity contribution in [2.75, 3.05) is 17.3 Å². The van der Waals surface area contributed by atoms with E-state index in [1.54, 1.807) is 49.6 Å². The van der Waals surface area contributed by atoms with Gasteiger partial charge in [-0.1, -0.05) is 54.1 Å². The second kappa shape index (κ2) is 9.42. The number of ketones is 1. The minimum atomic E-state index is -5.13. The third-order valence-electron chi connectivity index (χ3n) is 6.93. The molecule has 37 heavy (non-hydrogen) atoms. The van der Waals surface area contributed by atoms with E-state index in [2.05, 4.69) is 5.32 Å². The van der Waals surface area contributed by atoms with Crippen LogP contribution in [0.1, 0.15) is 41.5 Å². The lowest BCUT2D eigenvalue weighted by Gasteiger charge is -2.35. The summed E-state index contributed by atoms with van der Waals surface area (Å²) < 4.78 is 47.1. The Kier molecular flexibility index (Phi) is 6.27. The third-order valence-corrected chi connectivity index (χ3v) is 6.93. The Bertz CT molecular complexity index is 1380. The lowest BCUT2D eigenvalue weighted by Crippen LogP contribution is -2.45. The number of halogens is 3. The number of ether oxygens (including phenoxy) is 1. The van der Waals surface area contributed by atoms with E-state index < -0.39 is 18.1 Å². The maximum Gasteiger partial charge on any atom is 0.471 e. The molecule has 0 spiro atoms. The highest BCUT2D eigenvalue weighted by Crippen LogP contribution is 2.48. The molecule has 1 N–H and O–H groups in total. The molecule has 1 amide bonds. The van der Waals surface area contributed by atoms with Crippen molar-refractivity contribution >= 4 is 23.1 Å². The van der Waals surface area contributed by atoms with Gasteiger partial charge in [-0.3, -0.25) is 14.5 Å². The van der Waals surface area contributed by atoms with Gasteiger partial charge in [-0.05, 0) is 54.7 Å². The highest BCUT2D eigenvalue weighted by atomic mass is 19.4. The molecule has 5 rings (SSSR count). The normalized spacial score (nSPS) is 19.5. The van der Waals surface area contributed by atoms with E-state index in [0.717, 1.165) is 16.0 Å². The van der Waals surface area contributed by atoms with Crippen LogP contribution in [0, 0.1) is 6.92 Å². The quantitative estimate of drug-likeness (QED) is 0.443. The number of hydrogen-bond acceptors (Lipinski definition) is 4. The molecule has 0 aromatic heterocycles. The summed E-state index contributed by atoms with van der Waals surface area (Å²) in [5, 5.41) is 3.23. The van der Waals surface area contributed by atoms with Crippen LogP contribution in [0.15, 0.2) is 84.1 Å². The van der Waals surface area contributed by atoms with Gasteiger partial charge in [0.05, 0.1) is 24.5 Å². The van der Waals surface area contributed by atoms with Crippen LogP contribution in [0.2, 0.25) is 0 Å². The molecule has 3 aromatic carbocycles. The molecule has 1 aliphatic heterocycles. The van der Waals surface area contributed by atoms with Gasteiger partial charge in [-0.15, -0.1) is 0 Å². The average molecular weight is 507 g/mol. The van der Waals surface area contributed by atoms with Crippen molar-refractivity contribution in [3.63, 3.8) is 0 Å². The molecule has 8 heteroatoms. The Labute approximate surface area is 212 Å². The monoisotopic (exact) mass is 506 g/mol. The van der Waals surface area contributed by atoms with Crippen molar-refractivity contribution in [1.29, 1.82) is 0 Å². The molecule has 0 saturated heterocycles. The van der Waals surface area contributed by atoms with Crippen LogP contribution in [0.3, 0.4) is 0 Å². The van der Waals surface area contributed by atoms with Gasteiger partial charge in [-0.2, -0.15) is 13.2 Å². The number of para-hydroxylation sites is 2. The number of carbonyl (C=O) groups excluding carboxylic acids is 2. The zero-order chi connectivity index (χ0) is 26.3. The number of anilines is 2. The number of nitrogens with zero attached hydrogens (tertiary/aromatic N) is 1. The molecular formula is C29H25F3N2O3. The molecule has 3 aromatic rings. The number of alkyl halides is 3. The van der Waals surface area contributed by atoms with E-state index in [1.165, 1.54) is 6.07 Å². The number of aryl methyl sites for hydroxylation is 1. The van der Waals surface area contributed by atoms with Gasteiger partial charge in [0.1, 0.15) is 5.75 Å². The minimum absolute atomic E-state index is 0.0681. The molecule has 5 nitrogen and oxygen atoms in total. The molecule has 0 fully saturated rings. The number of methoxy groups -OCH3 is 1. The number of rotatable bonds is 3. The molecule has 1 heterocycles. The fraction of sp³-hybridized carbons (Fsp3) is 0.241. The van der Waals surface area contributed by atoms with E-state index in [-0.39, 0.29) is 29.4 Å². The van der Waals surface area contributed by atoms with Crippen molar-refractivity contribution in [2.45, 2.75) is 37.9 Å². The Balaban J connectivity index is 1.70. The first-order chi connectivity index (χ1) is 17.7. The Morgan fingerprint density at radius 1 is 0.946 bits per heavy atom. The second-order valence-electron chi connectivity index (χ2n) is 9.32. The van der Waals surface area contributed by atoms with Gasteiger partial charge in [0.25, 0.3) is 0 Å². The van der Waals surface area contributed by atoms with Gasteiger partial charge in [0.2, 0.25) is 0 Å². The Morgan fingerprint density at radius 2 is 1.59 bits per heavy atom. The van der Waals surface area contributed by atoms with E-state index in [0.29, 0.717) is 29.1 Å². The van der Waals surface area contributed by atoms with E-state index in [4.69, 9.17) is 4.74 Å². The van der Waals surface area contributed by atoms with Gasteiger partial charge in [0.15, 0.2) is 5.78 Å². The van der Waals surface area contributed by atoms with E-state index in [1.807, 2.05) is 31.2 Å². The van der Waals surface area contributed by atoms with Crippen molar-refractivity contribution in [3.05, 3.63) is 101 Å². The average Bonchev–Trinajstić information content (AvgIpc) is 3.03. The van der Waals surface area contributed by atoms with E-state index in [9.17, 15) is 22.8 Å². The highest BCUT2D eigenvalue weighted by Gasteiger charge is 2.49. The van der Waals surface area contributed by atoms with Gasteiger partial charge < -0.3 is 10.1 Å². The maximum atomic E-state index is 14.0. The van der Waals surface area contributed by atoms with Crippen molar-refractivity contribution in [3.8, 4) is 5.75 Å². The topological polar surface area (TPSA) is 58.6 Å². The fourth-order valence-electron chi connectivity index (χ4n) is 5.13. The number of carbonyl (C=O) groups is 2. The third kappa shape index (κ3) is 4.59. The smallest absolute Gasteiger partial charge is 0.471 e. The number of Topliss-reactive ketones (excluding diaryl/α,β-unsaturated/α-hetero) is 1. The van der Waals surface area contributed by atoms with Gasteiger partial charge in [0, 0.05) is 17.7 Å². The summed E-state index contributed by atoms with van der Waals surface area (Å²) in [5.74, 6) is -1.81. The SMILES string of the molecule is COc1ccc([C@H]2CC(=O)C3=C(C2)Nc2ccccc2N(C(=O)C(F)(F)F)[C@H]3c2ccc(C)cc2)cc1. The molecular weight excluding hydrogens is 481 g/mol. The minimum Gasteiger partial charge on any atom is -0.497 e. The molecule has 0 bridgehead atoms. The zero-order valence-electron chi connectivity index (χ0n) is 20.3. The first-order valence-corrected chi connectivity index (χ1v) is 11.9. The van der Waals surface area contributed by atoms with Crippen LogP contribution in [0.5, 0.6) is 5.75 Å². The Morgan fingerprint density at radius 3 is 2.24 bits per heavy atom. The predicted molar refractivity (Wildman–Crippen MR) is 135 cm³/mol. The standard InChI is InChI=1S/C29H25F3N2O3/c1-17-7-9-19(10-8-17)27-26-23(15-20(16-25(26)35)18-11-13-21(37-2)14-12-18)33-22-5-3-4-6-24(22)34(27)28(36)29(30,31)32/h3-14,20,27,33H,15-16H2,1-2H3/t20-,27+/m1/s1. The van der Waals surface area contributed by atoms with Crippen LogP contribution in [-0.4, -0.2) is 25.0 Å². The van der Waals surface area contributed by atoms with Gasteiger partial charge >= 0.3 is 12.1 Å². The Hall–Kier alpha value is -4.07. The molecule has 2 atom stereocenters. The molecule has 0 radical (unpaired) electrons. The lowest BCUT2D eigenvalue weighted by atomic mass is 9.78. The number of fused-ring (bicyclic) bond motifs is 1. The van der Waals surface area contributed by atoms with Crippen LogP contribution >= 0.6 is 0 Å². The van der Waals surface area contributed by atoms with Crippen LogP contribution in [0.25, 0.3) is 0 Å². The number of allylic oxidation sites excluding steroid dienone is 1. The van der Waals surface area contributed by atoms with Crippen molar-refractivity contribution in [2.24, 2.45) is 0 Å². The summed E-state index contributed by atoms with van der Waals surface area (Å²) in [6.07, 6.45) is -4.62. The number of hydrogen-bond donors (Lipinski definition) is 1. The van der Waals surface area contributed by atoms with Crippen molar-refractivity contribution < 1.29 is 27.5 Å². The fourth-order valence-corrected chi connectivity index (χ4v) is 5.13. The lowest BCUT2D eigenvalue weighted by molar-refractivity contribution is -0.170. The largest absolute Gasteiger partial charge is 0.497 e. The molecule has 2 aliphatic rings. The second-order valence-corrected chi connectivity index (χ2v) is 9.32. The van der Waals surface area contributed by atoms with E-state index >= 15 is 0 Å². The molecule has 1 aliphatic carbocycles. The van der Waals surface area contributed by atoms with Crippen LogP contribution in [-0.2, 0) is 9.59 Å². The number of benzene rings is 3. The number of nitrogens with one attached hydrogen (secondary N) is 1. The molecule has 190 valence electrons. The predicted octanol–water partition coefficient (Wildman–Crippen LogP) is 6.47. The summed E-state index contributed by atoms with van der Waals surface area (Å²) in [6.45, 7) is 1.86. The summed E-state index contributed by atoms with van der Waals surface area (Å²) in [7, 11) is 1.57. The molecule has 0 unspecified atom stereocenters. The first-order valence-electron chi connectivity index (χ1n) is 11.9. The first kappa shape index (κ1) is 24.6. The van der Waals surface area contributed by atoms with Crippen molar-refractivity contribution in [1.82, 2.24) is 0 Å². The summed E-state index contributed by atoms with van der Waals surface area (Å²) >= 11 is 0. The highest BCUT2D eigenvalue weighted by molar-refractivity contribution is 6.07. The maximum absolute atomic E-state index is 14.0. The summed E-state index contributed by atoms with van der Waals surface area (Å²) in [6, 6.07) is 19.4. The van der Waals surface area contributed by atoms with Gasteiger partial charge in [-0.25, -0.2) is 0 Å².